The molecular weight excluding hydrogens is 300 g/mol. The Morgan fingerprint density at radius 1 is 1.38 bits per heavy atom. The van der Waals surface area contributed by atoms with Crippen LogP contribution >= 0.6 is 0 Å². The molecule has 0 spiro atoms. The van der Waals surface area contributed by atoms with Crippen LogP contribution in [0.4, 0.5) is 11.5 Å². The predicted octanol–water partition coefficient (Wildman–Crippen LogP) is 3.14. The molecule has 5 heteroatoms. The molecule has 2 aliphatic rings. The van der Waals surface area contributed by atoms with Crippen LogP contribution in [0.2, 0.25) is 0 Å². The van der Waals surface area contributed by atoms with Crippen LogP contribution in [-0.4, -0.2) is 22.2 Å². The summed E-state index contributed by atoms with van der Waals surface area (Å²) in [5.41, 5.74) is 11.7. The van der Waals surface area contributed by atoms with Crippen molar-refractivity contribution in [3.63, 3.8) is 0 Å². The van der Waals surface area contributed by atoms with Crippen molar-refractivity contribution in [2.75, 3.05) is 17.6 Å². The van der Waals surface area contributed by atoms with Crippen LogP contribution in [0.25, 0.3) is 0 Å². The third kappa shape index (κ3) is 2.30. The second-order valence-corrected chi connectivity index (χ2v) is 7.22. The lowest BCUT2D eigenvalue weighted by Crippen LogP contribution is -2.28. The Hall–Kier alpha value is -2.30. The van der Waals surface area contributed by atoms with Crippen LogP contribution in [0.5, 0.6) is 0 Å². The summed E-state index contributed by atoms with van der Waals surface area (Å²) in [4.78, 5) is 13.2. The Balaban J connectivity index is 1.73. The molecule has 0 fully saturated rings. The number of nitrogens with one attached hydrogen (secondary N) is 1. The number of hydrogen-bond donors (Lipinski definition) is 2. The average Bonchev–Trinajstić information content (AvgIpc) is 2.90. The van der Waals surface area contributed by atoms with Crippen molar-refractivity contribution in [3.05, 3.63) is 40.6 Å². The van der Waals surface area contributed by atoms with Gasteiger partial charge in [0, 0.05) is 17.8 Å². The molecule has 1 aliphatic carbocycles. The summed E-state index contributed by atoms with van der Waals surface area (Å²) in [7, 11) is 0. The van der Waals surface area contributed by atoms with E-state index in [1.54, 1.807) is 0 Å². The van der Waals surface area contributed by atoms with E-state index in [4.69, 9.17) is 5.73 Å². The molecule has 0 radical (unpaired) electrons. The number of para-hydroxylation sites is 1. The molecule has 2 unspecified atom stereocenters. The number of carbonyl (C=O) groups excluding carboxylic acids is 1. The minimum Gasteiger partial charge on any atom is -0.385 e. The molecule has 126 valence electrons. The summed E-state index contributed by atoms with van der Waals surface area (Å²) < 4.78 is 1.48. The molecule has 0 bridgehead atoms. The van der Waals surface area contributed by atoms with Gasteiger partial charge in [-0.2, -0.15) is 9.78 Å². The zero-order valence-corrected chi connectivity index (χ0v) is 14.3. The lowest BCUT2D eigenvalue weighted by Gasteiger charge is -2.27. The van der Waals surface area contributed by atoms with Crippen LogP contribution in [-0.2, 0) is 12.8 Å². The highest BCUT2D eigenvalue weighted by molar-refractivity contribution is 5.90. The van der Waals surface area contributed by atoms with Crippen LogP contribution in [0.3, 0.4) is 0 Å². The maximum absolute atomic E-state index is 13.2. The number of aromatic nitrogens is 2. The molecule has 4 rings (SSSR count). The number of nitrogen functional groups attached to an aromatic ring is 1. The summed E-state index contributed by atoms with van der Waals surface area (Å²) in [6.07, 6.45) is 3.74. The summed E-state index contributed by atoms with van der Waals surface area (Å²) in [5, 5.41) is 8.02. The van der Waals surface area contributed by atoms with Crippen LogP contribution in [0, 0.1) is 12.8 Å². The van der Waals surface area contributed by atoms with Gasteiger partial charge >= 0.3 is 0 Å². The van der Waals surface area contributed by atoms with E-state index < -0.39 is 0 Å². The smallest absolute Gasteiger partial charge is 0.256 e. The second kappa shape index (κ2) is 5.65. The summed E-state index contributed by atoms with van der Waals surface area (Å²) in [5.74, 6) is 0.984. The van der Waals surface area contributed by atoms with Gasteiger partial charge in [0.2, 0.25) is 0 Å². The third-order valence-corrected chi connectivity index (χ3v) is 5.46. The molecule has 2 heterocycles. The Kier molecular flexibility index (Phi) is 3.59. The number of rotatable bonds is 1. The number of aryl methyl sites for hydroxylation is 1. The highest BCUT2D eigenvalue weighted by Gasteiger charge is 2.32. The maximum Gasteiger partial charge on any atom is 0.256 e. The normalized spacial score (nSPS) is 22.4. The van der Waals surface area contributed by atoms with E-state index >= 15 is 0 Å². The number of carbonyl (C=O) groups is 1. The molecule has 3 N–H and O–H groups in total. The Morgan fingerprint density at radius 3 is 3.04 bits per heavy atom. The van der Waals surface area contributed by atoms with E-state index in [1.807, 2.05) is 12.1 Å². The number of benzene rings is 1. The standard InChI is InChI=1S/C19H24N4O/c1-11-6-7-15-16(10-11)22-23(18(15)20)19(24)14-8-9-21-17-12(2)4-3-5-13(14)17/h3-5,11,14,21H,6-10,20H2,1-2H3. The largest absolute Gasteiger partial charge is 0.385 e. The van der Waals surface area contributed by atoms with Crippen LogP contribution < -0.4 is 11.1 Å². The quantitative estimate of drug-likeness (QED) is 0.845. The number of nitrogens with zero attached hydrogens (tertiary/aromatic N) is 2. The van der Waals surface area contributed by atoms with E-state index in [9.17, 15) is 4.79 Å². The fraction of sp³-hybridized carbons (Fsp3) is 0.474. The predicted molar refractivity (Wildman–Crippen MR) is 95.5 cm³/mol. The molecule has 0 saturated carbocycles. The van der Waals surface area contributed by atoms with E-state index in [2.05, 4.69) is 30.3 Å². The van der Waals surface area contributed by atoms with E-state index in [-0.39, 0.29) is 11.8 Å². The molecule has 1 aromatic carbocycles. The lowest BCUT2D eigenvalue weighted by molar-refractivity contribution is 0.0859. The van der Waals surface area contributed by atoms with Crippen molar-refractivity contribution in [1.29, 1.82) is 0 Å². The van der Waals surface area contributed by atoms with Gasteiger partial charge in [-0.3, -0.25) is 4.79 Å². The molecule has 2 atom stereocenters. The van der Waals surface area contributed by atoms with Gasteiger partial charge in [0.05, 0.1) is 11.6 Å². The molecule has 1 aromatic heterocycles. The lowest BCUT2D eigenvalue weighted by atomic mass is 9.88. The van der Waals surface area contributed by atoms with Crippen molar-refractivity contribution in [1.82, 2.24) is 9.78 Å². The first-order chi connectivity index (χ1) is 11.6. The maximum atomic E-state index is 13.2. The van der Waals surface area contributed by atoms with Gasteiger partial charge < -0.3 is 11.1 Å². The second-order valence-electron chi connectivity index (χ2n) is 7.22. The summed E-state index contributed by atoms with van der Waals surface area (Å²) in [6, 6.07) is 6.13. The Labute approximate surface area is 142 Å². The zero-order chi connectivity index (χ0) is 16.8. The fourth-order valence-corrected chi connectivity index (χ4v) is 4.06. The van der Waals surface area contributed by atoms with Crippen molar-refractivity contribution < 1.29 is 4.79 Å². The Morgan fingerprint density at radius 2 is 2.21 bits per heavy atom. The van der Waals surface area contributed by atoms with Crippen molar-refractivity contribution in [3.8, 4) is 0 Å². The first-order valence-electron chi connectivity index (χ1n) is 8.80. The molecule has 1 aliphatic heterocycles. The van der Waals surface area contributed by atoms with E-state index in [1.165, 1.54) is 10.2 Å². The minimum atomic E-state index is -0.178. The molecule has 24 heavy (non-hydrogen) atoms. The van der Waals surface area contributed by atoms with Crippen LogP contribution in [0.1, 0.15) is 52.9 Å². The van der Waals surface area contributed by atoms with Crippen molar-refractivity contribution in [2.45, 2.75) is 45.4 Å². The van der Waals surface area contributed by atoms with Crippen molar-refractivity contribution in [2.24, 2.45) is 5.92 Å². The number of anilines is 2. The highest BCUT2D eigenvalue weighted by Crippen LogP contribution is 2.36. The zero-order valence-electron chi connectivity index (χ0n) is 14.3. The molecule has 5 nitrogen and oxygen atoms in total. The average molecular weight is 324 g/mol. The van der Waals surface area contributed by atoms with Gasteiger partial charge in [-0.1, -0.05) is 25.1 Å². The van der Waals surface area contributed by atoms with Gasteiger partial charge in [-0.05, 0) is 49.7 Å². The minimum absolute atomic E-state index is 0.00269. The number of nitrogens with two attached hydrogens (primary N) is 1. The van der Waals surface area contributed by atoms with Gasteiger partial charge in [-0.25, -0.2) is 0 Å². The molecule has 0 amide bonds. The highest BCUT2D eigenvalue weighted by atomic mass is 16.2. The molecule has 0 saturated heterocycles. The summed E-state index contributed by atoms with van der Waals surface area (Å²) >= 11 is 0. The van der Waals surface area contributed by atoms with E-state index in [0.717, 1.165) is 54.7 Å². The SMILES string of the molecule is Cc1cccc2c1NCCC2C(=O)n1nc2c(c1N)CCC(C)C2. The molecule has 2 aromatic rings. The third-order valence-electron chi connectivity index (χ3n) is 5.46. The van der Waals surface area contributed by atoms with Gasteiger partial charge in [0.25, 0.3) is 5.91 Å². The number of fused-ring (bicyclic) bond motifs is 2. The summed E-state index contributed by atoms with van der Waals surface area (Å²) in [6.45, 7) is 5.10. The van der Waals surface area contributed by atoms with Crippen LogP contribution in [0.15, 0.2) is 18.2 Å². The van der Waals surface area contributed by atoms with Gasteiger partial charge in [0.15, 0.2) is 0 Å². The Bertz CT molecular complexity index is 808. The first kappa shape index (κ1) is 15.2. The topological polar surface area (TPSA) is 72.9 Å². The van der Waals surface area contributed by atoms with Crippen molar-refractivity contribution >= 4 is 17.4 Å². The fourth-order valence-electron chi connectivity index (χ4n) is 4.06. The van der Waals surface area contributed by atoms with Gasteiger partial charge in [-0.15, -0.1) is 0 Å². The first-order valence-corrected chi connectivity index (χ1v) is 8.80. The van der Waals surface area contributed by atoms with Gasteiger partial charge in [0.1, 0.15) is 5.82 Å². The van der Waals surface area contributed by atoms with E-state index in [0.29, 0.717) is 11.7 Å². The molecular formula is C19H24N4O. The number of hydrogen-bond acceptors (Lipinski definition) is 4. The monoisotopic (exact) mass is 324 g/mol.